The minimum Gasteiger partial charge on any atom is -0.369 e. The fraction of sp³-hybridized carbons (Fsp3) is 0.429. The van der Waals surface area contributed by atoms with E-state index >= 15 is 0 Å². The Morgan fingerprint density at radius 2 is 2.36 bits per heavy atom. The van der Waals surface area contributed by atoms with Crippen LogP contribution in [-0.2, 0) is 0 Å². The molecule has 0 radical (unpaired) electrons. The molecular weight excluding hydrogens is 142 g/mol. The summed E-state index contributed by atoms with van der Waals surface area (Å²) >= 11 is 0. The predicted octanol–water partition coefficient (Wildman–Crippen LogP) is 1.20. The number of aliphatic imine (C=N–C) groups is 1. The second-order valence-electron chi connectivity index (χ2n) is 2.51. The number of aryl methyl sites for hydroxylation is 1. The largest absolute Gasteiger partial charge is 0.369 e. The number of aromatic nitrogens is 1. The van der Waals surface area contributed by atoms with Gasteiger partial charge in [-0.15, -0.1) is 0 Å². The van der Waals surface area contributed by atoms with Gasteiger partial charge < -0.3 is 9.42 Å². The quantitative estimate of drug-likeness (QED) is 0.473. The van der Waals surface area contributed by atoms with E-state index in [0.29, 0.717) is 5.88 Å². The molecule has 0 unspecified atom stereocenters. The molecule has 0 N–H and O–H groups in total. The molecule has 0 saturated heterocycles. The summed E-state index contributed by atoms with van der Waals surface area (Å²) in [5, 5.41) is 3.69. The second-order valence-corrected chi connectivity index (χ2v) is 2.51. The number of nitrogens with zero attached hydrogens (tertiary/aromatic N) is 3. The molecule has 0 fully saturated rings. The van der Waals surface area contributed by atoms with E-state index in [2.05, 4.69) is 10.1 Å². The van der Waals surface area contributed by atoms with E-state index in [9.17, 15) is 0 Å². The summed E-state index contributed by atoms with van der Waals surface area (Å²) in [5.74, 6) is 0.538. The third-order valence-corrected chi connectivity index (χ3v) is 1.03. The highest BCUT2D eigenvalue weighted by atomic mass is 16.5. The van der Waals surface area contributed by atoms with E-state index < -0.39 is 0 Å². The van der Waals surface area contributed by atoms with Crippen LogP contribution in [-0.4, -0.2) is 30.5 Å². The highest BCUT2D eigenvalue weighted by Crippen LogP contribution is 2.11. The van der Waals surface area contributed by atoms with E-state index in [1.807, 2.05) is 25.9 Å². The molecule has 4 nitrogen and oxygen atoms in total. The van der Waals surface area contributed by atoms with Gasteiger partial charge in [0, 0.05) is 20.2 Å². The fourth-order valence-corrected chi connectivity index (χ4v) is 0.583. The Bertz CT molecular complexity index is 252. The average Bonchev–Trinajstić information content (AvgIpc) is 2.31. The summed E-state index contributed by atoms with van der Waals surface area (Å²) in [7, 11) is 3.79. The maximum atomic E-state index is 4.84. The van der Waals surface area contributed by atoms with Crippen LogP contribution < -0.4 is 0 Å². The third-order valence-electron chi connectivity index (χ3n) is 1.03. The lowest BCUT2D eigenvalue weighted by Crippen LogP contribution is -2.06. The van der Waals surface area contributed by atoms with Gasteiger partial charge in [0.2, 0.25) is 0 Å². The van der Waals surface area contributed by atoms with Crippen molar-refractivity contribution in [3.05, 3.63) is 11.8 Å². The van der Waals surface area contributed by atoms with Crippen LogP contribution in [0.4, 0.5) is 5.88 Å². The van der Waals surface area contributed by atoms with Gasteiger partial charge >= 0.3 is 0 Å². The van der Waals surface area contributed by atoms with Gasteiger partial charge in [0.25, 0.3) is 5.88 Å². The predicted molar refractivity (Wildman–Crippen MR) is 43.1 cm³/mol. The molecular formula is C7H11N3O. The summed E-state index contributed by atoms with van der Waals surface area (Å²) in [4.78, 5) is 5.83. The molecule has 11 heavy (non-hydrogen) atoms. The van der Waals surface area contributed by atoms with Crippen LogP contribution >= 0.6 is 0 Å². The summed E-state index contributed by atoms with van der Waals surface area (Å²) in [6.45, 7) is 1.86. The number of hydrogen-bond donors (Lipinski definition) is 0. The van der Waals surface area contributed by atoms with Crippen LogP contribution in [0.15, 0.2) is 15.6 Å². The lowest BCUT2D eigenvalue weighted by Gasteiger charge is -1.99. The first-order chi connectivity index (χ1) is 5.18. The molecule has 0 amide bonds. The molecule has 1 rings (SSSR count). The average molecular weight is 153 g/mol. The highest BCUT2D eigenvalue weighted by Gasteiger charge is 1.94. The van der Waals surface area contributed by atoms with Gasteiger partial charge in [-0.05, 0) is 6.92 Å². The molecule has 1 heterocycles. The normalized spacial score (nSPS) is 10.8. The third kappa shape index (κ3) is 2.41. The number of hydrogen-bond acceptors (Lipinski definition) is 3. The first-order valence-corrected chi connectivity index (χ1v) is 3.32. The zero-order valence-corrected chi connectivity index (χ0v) is 6.90. The van der Waals surface area contributed by atoms with E-state index in [-0.39, 0.29) is 0 Å². The van der Waals surface area contributed by atoms with Gasteiger partial charge in [-0.2, -0.15) is 0 Å². The molecule has 1 aromatic rings. The summed E-state index contributed by atoms with van der Waals surface area (Å²) in [6, 6.07) is 1.78. The van der Waals surface area contributed by atoms with Gasteiger partial charge in [-0.25, -0.2) is 4.99 Å². The standard InChI is InChI=1S/C7H11N3O/c1-6-4-7(11-9-6)8-5-10(2)3/h4-5H,1-3H3/b8-5+. The molecule has 0 saturated carbocycles. The van der Waals surface area contributed by atoms with Crippen molar-refractivity contribution in [2.24, 2.45) is 4.99 Å². The fourth-order valence-electron chi connectivity index (χ4n) is 0.583. The molecule has 0 atom stereocenters. The van der Waals surface area contributed by atoms with Crippen molar-refractivity contribution in [2.75, 3.05) is 14.1 Å². The lowest BCUT2D eigenvalue weighted by molar-refractivity contribution is 0.424. The van der Waals surface area contributed by atoms with Crippen molar-refractivity contribution < 1.29 is 4.52 Å². The zero-order valence-electron chi connectivity index (χ0n) is 6.90. The Morgan fingerprint density at radius 3 is 2.82 bits per heavy atom. The van der Waals surface area contributed by atoms with Crippen LogP contribution in [0.1, 0.15) is 5.69 Å². The van der Waals surface area contributed by atoms with Crippen molar-refractivity contribution in [1.29, 1.82) is 0 Å². The molecule has 60 valence electrons. The molecule has 0 spiro atoms. The molecule has 0 aliphatic heterocycles. The SMILES string of the molecule is Cc1cc(/N=C/N(C)C)on1. The van der Waals surface area contributed by atoms with Gasteiger partial charge in [0.1, 0.15) is 0 Å². The molecule has 0 bridgehead atoms. The van der Waals surface area contributed by atoms with Crippen LogP contribution in [0, 0.1) is 6.92 Å². The van der Waals surface area contributed by atoms with Crippen LogP contribution in [0.5, 0.6) is 0 Å². The van der Waals surface area contributed by atoms with Crippen molar-refractivity contribution in [1.82, 2.24) is 10.1 Å². The summed E-state index contributed by atoms with van der Waals surface area (Å²) in [5.41, 5.74) is 0.843. The highest BCUT2D eigenvalue weighted by molar-refractivity contribution is 5.58. The molecule has 4 heteroatoms. The van der Waals surface area contributed by atoms with Gasteiger partial charge in [-0.3, -0.25) is 0 Å². The molecule has 1 aromatic heterocycles. The molecule has 0 aliphatic carbocycles. The monoisotopic (exact) mass is 153 g/mol. The van der Waals surface area contributed by atoms with E-state index in [4.69, 9.17) is 4.52 Å². The topological polar surface area (TPSA) is 41.6 Å². The Kier molecular flexibility index (Phi) is 2.25. The first kappa shape index (κ1) is 7.78. The van der Waals surface area contributed by atoms with Crippen molar-refractivity contribution in [3.8, 4) is 0 Å². The first-order valence-electron chi connectivity index (χ1n) is 3.32. The van der Waals surface area contributed by atoms with Crippen molar-refractivity contribution >= 4 is 12.2 Å². The Morgan fingerprint density at radius 1 is 1.64 bits per heavy atom. The maximum Gasteiger partial charge on any atom is 0.252 e. The van der Waals surface area contributed by atoms with Crippen molar-refractivity contribution in [3.63, 3.8) is 0 Å². The minimum atomic E-state index is 0.538. The number of rotatable bonds is 2. The zero-order chi connectivity index (χ0) is 8.27. The van der Waals surface area contributed by atoms with Gasteiger partial charge in [-0.1, -0.05) is 5.16 Å². The van der Waals surface area contributed by atoms with Crippen LogP contribution in [0.25, 0.3) is 0 Å². The van der Waals surface area contributed by atoms with Crippen molar-refractivity contribution in [2.45, 2.75) is 6.92 Å². The second kappa shape index (κ2) is 3.18. The molecule has 0 aromatic carbocycles. The van der Waals surface area contributed by atoms with Crippen LogP contribution in [0.3, 0.4) is 0 Å². The Labute approximate surface area is 65.5 Å². The summed E-state index contributed by atoms with van der Waals surface area (Å²) < 4.78 is 4.84. The van der Waals surface area contributed by atoms with E-state index in [1.165, 1.54) is 0 Å². The van der Waals surface area contributed by atoms with Gasteiger partial charge in [0.05, 0.1) is 12.0 Å². The van der Waals surface area contributed by atoms with Gasteiger partial charge in [0.15, 0.2) is 0 Å². The van der Waals surface area contributed by atoms with E-state index in [0.717, 1.165) is 5.69 Å². The molecule has 0 aliphatic rings. The van der Waals surface area contributed by atoms with Crippen LogP contribution in [0.2, 0.25) is 0 Å². The summed E-state index contributed by atoms with van der Waals surface area (Å²) in [6.07, 6.45) is 1.67. The minimum absolute atomic E-state index is 0.538. The Hall–Kier alpha value is -1.32. The maximum absolute atomic E-state index is 4.84. The smallest absolute Gasteiger partial charge is 0.252 e. The Balaban J connectivity index is 2.64. The lowest BCUT2D eigenvalue weighted by atomic mass is 10.5. The van der Waals surface area contributed by atoms with E-state index in [1.54, 1.807) is 12.4 Å².